The van der Waals surface area contributed by atoms with Crippen LogP contribution in [0.1, 0.15) is 11.6 Å². The van der Waals surface area contributed by atoms with Crippen molar-refractivity contribution in [3.05, 3.63) is 35.4 Å². The number of rotatable bonds is 6. The Morgan fingerprint density at radius 3 is 2.67 bits per heavy atom. The van der Waals surface area contributed by atoms with Crippen LogP contribution in [0.5, 0.6) is 0 Å². The number of hydrogen-bond donors (Lipinski definition) is 1. The third kappa shape index (κ3) is 5.32. The zero-order valence-electron chi connectivity index (χ0n) is 9.90. The lowest BCUT2D eigenvalue weighted by molar-refractivity contribution is 0.573. The fraction of sp³-hybridized carbons (Fsp3) is 0.455. The molecule has 0 amide bonds. The SMILES string of the molecule is CS(=O)(=O)CCSCC(N)c1cc(F)ccc1F. The van der Waals surface area contributed by atoms with Crippen LogP contribution in [0.15, 0.2) is 18.2 Å². The van der Waals surface area contributed by atoms with Gasteiger partial charge in [0.15, 0.2) is 0 Å². The molecule has 1 atom stereocenters. The van der Waals surface area contributed by atoms with Crippen LogP contribution in [0.4, 0.5) is 8.78 Å². The molecule has 7 heteroatoms. The van der Waals surface area contributed by atoms with Gasteiger partial charge in [0.1, 0.15) is 21.5 Å². The lowest BCUT2D eigenvalue weighted by Crippen LogP contribution is -2.16. The van der Waals surface area contributed by atoms with Gasteiger partial charge >= 0.3 is 0 Å². The number of nitrogens with two attached hydrogens (primary N) is 1. The highest BCUT2D eigenvalue weighted by atomic mass is 32.2. The van der Waals surface area contributed by atoms with E-state index in [1.807, 2.05) is 0 Å². The predicted octanol–water partition coefficient (Wildman–Crippen LogP) is 1.74. The van der Waals surface area contributed by atoms with E-state index in [2.05, 4.69) is 0 Å². The van der Waals surface area contributed by atoms with Gasteiger partial charge in [0, 0.05) is 29.4 Å². The summed E-state index contributed by atoms with van der Waals surface area (Å²) < 4.78 is 48.1. The van der Waals surface area contributed by atoms with Crippen molar-refractivity contribution in [1.29, 1.82) is 0 Å². The minimum Gasteiger partial charge on any atom is -0.323 e. The molecule has 0 heterocycles. The van der Waals surface area contributed by atoms with E-state index in [0.29, 0.717) is 11.5 Å². The van der Waals surface area contributed by atoms with Gasteiger partial charge in [-0.3, -0.25) is 0 Å². The number of hydrogen-bond acceptors (Lipinski definition) is 4. The van der Waals surface area contributed by atoms with Crippen LogP contribution in [0.3, 0.4) is 0 Å². The Labute approximate surface area is 110 Å². The maximum atomic E-state index is 13.4. The molecule has 0 aliphatic rings. The average molecular weight is 295 g/mol. The molecular formula is C11H15F2NO2S2. The summed E-state index contributed by atoms with van der Waals surface area (Å²) in [5.74, 6) is -0.300. The Bertz CT molecular complexity index is 506. The number of thioether (sulfide) groups is 1. The summed E-state index contributed by atoms with van der Waals surface area (Å²) in [4.78, 5) is 0. The van der Waals surface area contributed by atoms with Crippen LogP contribution in [0.25, 0.3) is 0 Å². The minimum absolute atomic E-state index is 0.0516. The standard InChI is InChI=1S/C11H15F2NO2S2/c1-18(15,16)5-4-17-7-11(14)9-6-8(12)2-3-10(9)13/h2-3,6,11H,4-5,7,14H2,1H3. The van der Waals surface area contributed by atoms with Gasteiger partial charge in [0.2, 0.25) is 0 Å². The van der Waals surface area contributed by atoms with E-state index in [0.717, 1.165) is 24.5 Å². The maximum absolute atomic E-state index is 13.4. The molecule has 0 aliphatic carbocycles. The minimum atomic E-state index is -3.00. The highest BCUT2D eigenvalue weighted by Crippen LogP contribution is 2.20. The molecule has 0 spiro atoms. The summed E-state index contributed by atoms with van der Waals surface area (Å²) in [5.41, 5.74) is 5.85. The van der Waals surface area contributed by atoms with Crippen LogP contribution in [0, 0.1) is 11.6 Å². The summed E-state index contributed by atoms with van der Waals surface area (Å²) in [6, 6.07) is 2.48. The largest absolute Gasteiger partial charge is 0.323 e. The molecule has 0 saturated carbocycles. The molecule has 0 aromatic heterocycles. The molecule has 1 aromatic rings. The van der Waals surface area contributed by atoms with Gasteiger partial charge in [-0.15, -0.1) is 0 Å². The van der Waals surface area contributed by atoms with Gasteiger partial charge in [0.25, 0.3) is 0 Å². The first-order valence-corrected chi connectivity index (χ1v) is 8.47. The summed E-state index contributed by atoms with van der Waals surface area (Å²) in [6.07, 6.45) is 1.15. The van der Waals surface area contributed by atoms with Crippen molar-refractivity contribution in [1.82, 2.24) is 0 Å². The van der Waals surface area contributed by atoms with E-state index in [4.69, 9.17) is 5.73 Å². The van der Waals surface area contributed by atoms with Crippen molar-refractivity contribution >= 4 is 21.6 Å². The van der Waals surface area contributed by atoms with Crippen LogP contribution in [-0.4, -0.2) is 31.9 Å². The average Bonchev–Trinajstić information content (AvgIpc) is 2.26. The quantitative estimate of drug-likeness (QED) is 0.812. The van der Waals surface area contributed by atoms with Gasteiger partial charge in [-0.2, -0.15) is 11.8 Å². The Balaban J connectivity index is 2.50. The first-order valence-electron chi connectivity index (χ1n) is 5.25. The molecule has 1 aromatic carbocycles. The molecule has 0 aliphatic heterocycles. The van der Waals surface area contributed by atoms with Crippen molar-refractivity contribution in [2.45, 2.75) is 6.04 Å². The molecule has 3 nitrogen and oxygen atoms in total. The van der Waals surface area contributed by atoms with Gasteiger partial charge in [-0.25, -0.2) is 17.2 Å². The second kappa shape index (κ2) is 6.49. The summed E-state index contributed by atoms with van der Waals surface area (Å²) in [7, 11) is -3.00. The zero-order valence-corrected chi connectivity index (χ0v) is 11.5. The molecule has 1 rings (SSSR count). The first-order chi connectivity index (χ1) is 8.29. The van der Waals surface area contributed by atoms with Crippen LogP contribution >= 0.6 is 11.8 Å². The first kappa shape index (κ1) is 15.4. The lowest BCUT2D eigenvalue weighted by Gasteiger charge is -2.12. The van der Waals surface area contributed by atoms with E-state index in [-0.39, 0.29) is 11.3 Å². The second-order valence-corrected chi connectivity index (χ2v) is 7.39. The molecule has 0 radical (unpaired) electrons. The van der Waals surface area contributed by atoms with E-state index in [1.54, 1.807) is 0 Å². The monoisotopic (exact) mass is 295 g/mol. The predicted molar refractivity (Wildman–Crippen MR) is 70.3 cm³/mol. The summed E-state index contributed by atoms with van der Waals surface area (Å²) in [6.45, 7) is 0. The van der Waals surface area contributed by atoms with Crippen molar-refractivity contribution in [2.75, 3.05) is 23.5 Å². The fourth-order valence-electron chi connectivity index (χ4n) is 1.31. The van der Waals surface area contributed by atoms with E-state index >= 15 is 0 Å². The Kier molecular flexibility index (Phi) is 5.55. The van der Waals surface area contributed by atoms with Crippen LogP contribution in [-0.2, 0) is 9.84 Å². The molecular weight excluding hydrogens is 280 g/mol. The number of benzene rings is 1. The van der Waals surface area contributed by atoms with Crippen molar-refractivity contribution in [2.24, 2.45) is 5.73 Å². The van der Waals surface area contributed by atoms with Gasteiger partial charge < -0.3 is 5.73 Å². The van der Waals surface area contributed by atoms with E-state index in [1.165, 1.54) is 11.8 Å². The summed E-state index contributed by atoms with van der Waals surface area (Å²) >= 11 is 1.30. The van der Waals surface area contributed by atoms with E-state index < -0.39 is 27.5 Å². The number of sulfone groups is 1. The van der Waals surface area contributed by atoms with Crippen molar-refractivity contribution in [3.63, 3.8) is 0 Å². The normalized spacial score (nSPS) is 13.6. The molecule has 102 valence electrons. The summed E-state index contributed by atoms with van der Waals surface area (Å²) in [5, 5.41) is 0. The lowest BCUT2D eigenvalue weighted by atomic mass is 10.1. The van der Waals surface area contributed by atoms with Crippen LogP contribution < -0.4 is 5.73 Å². The maximum Gasteiger partial charge on any atom is 0.148 e. The highest BCUT2D eigenvalue weighted by molar-refractivity contribution is 8.00. The van der Waals surface area contributed by atoms with E-state index in [9.17, 15) is 17.2 Å². The molecule has 2 N–H and O–H groups in total. The number of halogens is 2. The second-order valence-electron chi connectivity index (χ2n) is 3.98. The fourth-order valence-corrected chi connectivity index (χ4v) is 3.59. The molecule has 1 unspecified atom stereocenters. The zero-order chi connectivity index (χ0) is 13.8. The Morgan fingerprint density at radius 2 is 2.06 bits per heavy atom. The van der Waals surface area contributed by atoms with Gasteiger partial charge in [-0.1, -0.05) is 0 Å². The van der Waals surface area contributed by atoms with Crippen LogP contribution in [0.2, 0.25) is 0 Å². The third-order valence-corrected chi connectivity index (χ3v) is 4.55. The van der Waals surface area contributed by atoms with Gasteiger partial charge in [0.05, 0.1) is 5.75 Å². The Hall–Kier alpha value is -0.660. The van der Waals surface area contributed by atoms with Gasteiger partial charge in [-0.05, 0) is 18.2 Å². The highest BCUT2D eigenvalue weighted by Gasteiger charge is 2.13. The topological polar surface area (TPSA) is 60.2 Å². The van der Waals surface area contributed by atoms with Crippen molar-refractivity contribution in [3.8, 4) is 0 Å². The molecule has 18 heavy (non-hydrogen) atoms. The molecule has 0 bridgehead atoms. The Morgan fingerprint density at radius 1 is 1.39 bits per heavy atom. The smallest absolute Gasteiger partial charge is 0.148 e. The molecule has 0 saturated heterocycles. The third-order valence-electron chi connectivity index (χ3n) is 2.25. The molecule has 0 fully saturated rings. The van der Waals surface area contributed by atoms with Crippen molar-refractivity contribution < 1.29 is 17.2 Å².